The first-order valence-corrected chi connectivity index (χ1v) is 13.5. The highest BCUT2D eigenvalue weighted by Gasteiger charge is 2.41. The molecule has 0 saturated carbocycles. The van der Waals surface area contributed by atoms with Crippen LogP contribution in [-0.2, 0) is 31.8 Å². The predicted molar refractivity (Wildman–Crippen MR) is 138 cm³/mol. The van der Waals surface area contributed by atoms with Crippen LogP contribution in [0.15, 0.2) is 24.3 Å². The lowest BCUT2D eigenvalue weighted by atomic mass is 9.95. The molecule has 4 amide bonds. The van der Waals surface area contributed by atoms with Gasteiger partial charge >= 0.3 is 6.18 Å². The first kappa shape index (κ1) is 30.4. The highest BCUT2D eigenvalue weighted by atomic mass is 19.4. The van der Waals surface area contributed by atoms with Crippen molar-refractivity contribution in [1.82, 2.24) is 20.9 Å². The van der Waals surface area contributed by atoms with Crippen LogP contribution in [0.4, 0.5) is 13.2 Å². The van der Waals surface area contributed by atoms with Crippen LogP contribution in [0.2, 0.25) is 0 Å². The minimum Gasteiger partial charge on any atom is -0.343 e. The molecule has 12 heteroatoms. The molecule has 1 unspecified atom stereocenters. The van der Waals surface area contributed by atoms with E-state index in [0.717, 1.165) is 12.1 Å². The maximum Gasteiger partial charge on any atom is 0.416 e. The molecule has 5 N–H and O–H groups in total. The van der Waals surface area contributed by atoms with E-state index in [1.807, 2.05) is 13.8 Å². The van der Waals surface area contributed by atoms with E-state index in [1.165, 1.54) is 17.0 Å². The number of hydrogen-bond acceptors (Lipinski definition) is 5. The normalized spacial score (nSPS) is 25.6. The fourth-order valence-corrected chi connectivity index (χ4v) is 5.00. The molecule has 2 aliphatic heterocycles. The number of hydrogen-bond donors (Lipinski definition) is 4. The maximum absolute atomic E-state index is 13.6. The van der Waals surface area contributed by atoms with Gasteiger partial charge in [-0.2, -0.15) is 13.2 Å². The highest BCUT2D eigenvalue weighted by molar-refractivity contribution is 5.98. The minimum absolute atomic E-state index is 0.104. The monoisotopic (exact) mass is 553 g/mol. The maximum atomic E-state index is 13.6. The molecule has 0 bridgehead atoms. The summed E-state index contributed by atoms with van der Waals surface area (Å²) in [5.41, 5.74) is 5.15. The Morgan fingerprint density at radius 2 is 1.62 bits per heavy atom. The van der Waals surface area contributed by atoms with E-state index in [0.29, 0.717) is 50.8 Å². The lowest BCUT2D eigenvalue weighted by molar-refractivity contribution is -0.144. The van der Waals surface area contributed by atoms with Crippen LogP contribution in [0, 0.1) is 5.92 Å². The molecule has 0 aliphatic carbocycles. The second-order valence-electron chi connectivity index (χ2n) is 10.4. The second kappa shape index (κ2) is 13.3. The number of benzene rings is 1. The minimum atomic E-state index is -4.51. The topological polar surface area (TPSA) is 134 Å². The number of nitrogens with two attached hydrogens (primary N) is 1. The van der Waals surface area contributed by atoms with Crippen molar-refractivity contribution in [3.05, 3.63) is 35.4 Å². The van der Waals surface area contributed by atoms with Gasteiger partial charge in [0.1, 0.15) is 24.2 Å². The Hall–Kier alpha value is -3.15. The molecule has 2 saturated heterocycles. The number of carbonyl (C=O) groups excluding carboxylic acids is 4. The standard InChI is InChI=1S/C27H38F3N5O4/c1-3-16(2)22-26(39)35-14-6-8-21(35)25(38)32-19(7-4-5-13-31)23(36)33-20(24(37)34-22)15-17-9-11-18(12-10-17)27(28,29)30/h9-12,16,19-22H,3-8,13-15,31H2,1-2H3,(H,32,38)(H,33,36)(H,34,37)/t16?,19-,20+,21+,22+/m0/s1. The van der Waals surface area contributed by atoms with Crippen molar-refractivity contribution in [1.29, 1.82) is 0 Å². The Kier molecular flexibility index (Phi) is 10.3. The van der Waals surface area contributed by atoms with Gasteiger partial charge in [0.25, 0.3) is 0 Å². The predicted octanol–water partition coefficient (Wildman–Crippen LogP) is 1.88. The first-order chi connectivity index (χ1) is 18.5. The molecular weight excluding hydrogens is 515 g/mol. The molecule has 2 heterocycles. The number of nitrogens with zero attached hydrogens (tertiary/aromatic N) is 1. The van der Waals surface area contributed by atoms with Crippen molar-refractivity contribution >= 4 is 23.6 Å². The van der Waals surface area contributed by atoms with Gasteiger partial charge in [-0.15, -0.1) is 0 Å². The molecule has 0 aromatic heterocycles. The molecule has 2 aliphatic rings. The number of rotatable bonds is 8. The molecule has 9 nitrogen and oxygen atoms in total. The summed E-state index contributed by atoms with van der Waals surface area (Å²) in [5, 5.41) is 8.24. The van der Waals surface area contributed by atoms with Crippen LogP contribution < -0.4 is 21.7 Å². The number of amides is 4. The van der Waals surface area contributed by atoms with Crippen molar-refractivity contribution < 1.29 is 32.3 Å². The van der Waals surface area contributed by atoms with Gasteiger partial charge in [-0.25, -0.2) is 0 Å². The number of unbranched alkanes of at least 4 members (excludes halogenated alkanes) is 1. The second-order valence-corrected chi connectivity index (χ2v) is 10.4. The Balaban J connectivity index is 1.95. The number of alkyl halides is 3. The largest absolute Gasteiger partial charge is 0.416 e. The third-order valence-electron chi connectivity index (χ3n) is 7.55. The Labute approximate surface area is 226 Å². The number of halogens is 3. The quantitative estimate of drug-likeness (QED) is 0.365. The van der Waals surface area contributed by atoms with Gasteiger partial charge in [0, 0.05) is 13.0 Å². The Bertz CT molecular complexity index is 1030. The summed E-state index contributed by atoms with van der Waals surface area (Å²) in [7, 11) is 0. The van der Waals surface area contributed by atoms with Crippen LogP contribution in [0.3, 0.4) is 0 Å². The molecule has 39 heavy (non-hydrogen) atoms. The fourth-order valence-electron chi connectivity index (χ4n) is 5.00. The molecule has 3 rings (SSSR count). The van der Waals surface area contributed by atoms with Gasteiger partial charge in [0.15, 0.2) is 0 Å². The molecule has 2 fully saturated rings. The first-order valence-electron chi connectivity index (χ1n) is 13.5. The summed E-state index contributed by atoms with van der Waals surface area (Å²) in [6.45, 7) is 4.46. The number of fused-ring (bicyclic) bond motifs is 1. The van der Waals surface area contributed by atoms with E-state index in [1.54, 1.807) is 0 Å². The van der Waals surface area contributed by atoms with Crippen LogP contribution in [0.5, 0.6) is 0 Å². The van der Waals surface area contributed by atoms with E-state index in [-0.39, 0.29) is 24.7 Å². The van der Waals surface area contributed by atoms with Crippen molar-refractivity contribution in [2.24, 2.45) is 11.7 Å². The zero-order chi connectivity index (χ0) is 28.7. The average molecular weight is 554 g/mol. The van der Waals surface area contributed by atoms with Gasteiger partial charge in [-0.3, -0.25) is 19.2 Å². The molecule has 5 atom stereocenters. The summed E-state index contributed by atoms with van der Waals surface area (Å²) in [5.74, 6) is -2.26. The zero-order valence-corrected chi connectivity index (χ0v) is 22.4. The molecule has 216 valence electrons. The third-order valence-corrected chi connectivity index (χ3v) is 7.55. The van der Waals surface area contributed by atoms with E-state index in [2.05, 4.69) is 16.0 Å². The van der Waals surface area contributed by atoms with E-state index in [9.17, 15) is 32.3 Å². The summed E-state index contributed by atoms with van der Waals surface area (Å²) in [6, 6.07) is 0.524. The zero-order valence-electron chi connectivity index (χ0n) is 22.4. The van der Waals surface area contributed by atoms with Crippen LogP contribution in [0.1, 0.15) is 63.5 Å². The molecule has 0 radical (unpaired) electrons. The van der Waals surface area contributed by atoms with E-state index in [4.69, 9.17) is 5.73 Å². The van der Waals surface area contributed by atoms with Gasteiger partial charge < -0.3 is 26.6 Å². The number of nitrogens with one attached hydrogen (secondary N) is 3. The average Bonchev–Trinajstić information content (AvgIpc) is 3.39. The molecule has 1 aromatic rings. The van der Waals surface area contributed by atoms with Gasteiger partial charge in [0.2, 0.25) is 23.6 Å². The smallest absolute Gasteiger partial charge is 0.343 e. The summed E-state index contributed by atoms with van der Waals surface area (Å²) >= 11 is 0. The lowest BCUT2D eigenvalue weighted by Crippen LogP contribution is -2.62. The number of carbonyl (C=O) groups is 4. The van der Waals surface area contributed by atoms with Crippen LogP contribution in [-0.4, -0.2) is 65.8 Å². The Morgan fingerprint density at radius 1 is 0.974 bits per heavy atom. The fraction of sp³-hybridized carbons (Fsp3) is 0.630. The summed E-state index contributed by atoms with van der Waals surface area (Å²) in [4.78, 5) is 55.2. The van der Waals surface area contributed by atoms with E-state index < -0.39 is 53.6 Å². The van der Waals surface area contributed by atoms with Crippen molar-refractivity contribution in [3.8, 4) is 0 Å². The lowest BCUT2D eigenvalue weighted by Gasteiger charge is -2.34. The molecular formula is C27H38F3N5O4. The highest BCUT2D eigenvalue weighted by Crippen LogP contribution is 2.29. The van der Waals surface area contributed by atoms with Gasteiger partial charge in [-0.05, 0) is 62.3 Å². The van der Waals surface area contributed by atoms with Crippen molar-refractivity contribution in [2.45, 2.75) is 89.1 Å². The van der Waals surface area contributed by atoms with E-state index >= 15 is 0 Å². The van der Waals surface area contributed by atoms with Crippen molar-refractivity contribution in [3.63, 3.8) is 0 Å². The summed E-state index contributed by atoms with van der Waals surface area (Å²) < 4.78 is 39.1. The molecule has 1 aromatic carbocycles. The SMILES string of the molecule is CCC(C)[C@H]1NC(=O)[C@@H](Cc2ccc(C(F)(F)F)cc2)NC(=O)[C@H](CCCCN)NC(=O)[C@H]2CCCN2C1=O. The van der Waals surface area contributed by atoms with Gasteiger partial charge in [0.05, 0.1) is 5.56 Å². The van der Waals surface area contributed by atoms with Crippen LogP contribution in [0.25, 0.3) is 0 Å². The van der Waals surface area contributed by atoms with Crippen LogP contribution >= 0.6 is 0 Å². The molecule has 0 spiro atoms. The third kappa shape index (κ3) is 7.71. The summed E-state index contributed by atoms with van der Waals surface area (Å²) in [6.07, 6.45) is -1.53. The van der Waals surface area contributed by atoms with Crippen molar-refractivity contribution in [2.75, 3.05) is 13.1 Å². The Morgan fingerprint density at radius 3 is 2.23 bits per heavy atom. The van der Waals surface area contributed by atoms with Gasteiger partial charge in [-0.1, -0.05) is 32.4 Å².